The van der Waals surface area contributed by atoms with Crippen molar-refractivity contribution in [3.63, 3.8) is 0 Å². The molecular formula is C16H17N3O5S2. The Morgan fingerprint density at radius 1 is 1.35 bits per heavy atom. The maximum absolute atomic E-state index is 12.1. The van der Waals surface area contributed by atoms with Crippen molar-refractivity contribution >= 4 is 45.7 Å². The first kappa shape index (κ1) is 19.6. The van der Waals surface area contributed by atoms with Gasteiger partial charge in [0.05, 0.1) is 24.3 Å². The number of anilines is 1. The molecule has 2 rings (SSSR count). The SMILES string of the molecule is CCOC(=O)c1sc(NC=C(NC(=O)c2cccs2)C(=O)OC)nc1C. The summed E-state index contributed by atoms with van der Waals surface area (Å²) in [6.45, 7) is 3.66. The predicted octanol–water partition coefficient (Wildman–Crippen LogP) is 2.55. The molecule has 2 heterocycles. The molecule has 0 saturated carbocycles. The van der Waals surface area contributed by atoms with Gasteiger partial charge in [-0.25, -0.2) is 14.6 Å². The molecule has 0 aliphatic carbocycles. The van der Waals surface area contributed by atoms with E-state index in [0.29, 0.717) is 20.6 Å². The zero-order chi connectivity index (χ0) is 19.1. The molecule has 0 fully saturated rings. The van der Waals surface area contributed by atoms with Gasteiger partial charge in [-0.2, -0.15) is 0 Å². The second-order valence-electron chi connectivity index (χ2n) is 4.78. The Bertz CT molecular complexity index is 827. The lowest BCUT2D eigenvalue weighted by atomic mass is 10.4. The molecule has 1 amide bonds. The fourth-order valence-corrected chi connectivity index (χ4v) is 3.27. The molecule has 0 aliphatic heterocycles. The van der Waals surface area contributed by atoms with E-state index >= 15 is 0 Å². The lowest BCUT2D eigenvalue weighted by Gasteiger charge is -2.07. The van der Waals surface area contributed by atoms with E-state index in [2.05, 4.69) is 20.4 Å². The van der Waals surface area contributed by atoms with Crippen molar-refractivity contribution < 1.29 is 23.9 Å². The highest BCUT2D eigenvalue weighted by atomic mass is 32.1. The van der Waals surface area contributed by atoms with E-state index in [4.69, 9.17) is 4.74 Å². The smallest absolute Gasteiger partial charge is 0.356 e. The summed E-state index contributed by atoms with van der Waals surface area (Å²) >= 11 is 2.33. The van der Waals surface area contributed by atoms with Crippen LogP contribution in [0.2, 0.25) is 0 Å². The minimum Gasteiger partial charge on any atom is -0.464 e. The number of amides is 1. The van der Waals surface area contributed by atoms with E-state index in [1.807, 2.05) is 0 Å². The van der Waals surface area contributed by atoms with Crippen LogP contribution in [0.3, 0.4) is 0 Å². The number of nitrogens with one attached hydrogen (secondary N) is 2. The number of esters is 2. The quantitative estimate of drug-likeness (QED) is 0.548. The van der Waals surface area contributed by atoms with Gasteiger partial charge in [-0.1, -0.05) is 17.4 Å². The van der Waals surface area contributed by atoms with Crippen LogP contribution in [0.15, 0.2) is 29.4 Å². The highest BCUT2D eigenvalue weighted by Gasteiger charge is 2.18. The lowest BCUT2D eigenvalue weighted by molar-refractivity contribution is -0.136. The lowest BCUT2D eigenvalue weighted by Crippen LogP contribution is -2.28. The molecule has 0 unspecified atom stereocenters. The number of hydrogen-bond acceptors (Lipinski definition) is 9. The predicted molar refractivity (Wildman–Crippen MR) is 98.3 cm³/mol. The van der Waals surface area contributed by atoms with E-state index in [-0.39, 0.29) is 12.3 Å². The van der Waals surface area contributed by atoms with Gasteiger partial charge in [0.25, 0.3) is 5.91 Å². The van der Waals surface area contributed by atoms with Gasteiger partial charge in [-0.15, -0.1) is 11.3 Å². The highest BCUT2D eigenvalue weighted by Crippen LogP contribution is 2.23. The maximum Gasteiger partial charge on any atom is 0.356 e. The maximum atomic E-state index is 12.1. The number of aryl methyl sites for hydroxylation is 1. The summed E-state index contributed by atoms with van der Waals surface area (Å²) in [7, 11) is 1.21. The minimum absolute atomic E-state index is 0.0866. The van der Waals surface area contributed by atoms with Crippen molar-refractivity contribution in [2.45, 2.75) is 13.8 Å². The summed E-state index contributed by atoms with van der Waals surface area (Å²) in [5.74, 6) is -1.61. The van der Waals surface area contributed by atoms with Crippen molar-refractivity contribution in [3.8, 4) is 0 Å². The average Bonchev–Trinajstić information content (AvgIpc) is 3.27. The molecule has 0 aliphatic rings. The zero-order valence-corrected chi connectivity index (χ0v) is 16.0. The van der Waals surface area contributed by atoms with Crippen LogP contribution in [0.25, 0.3) is 0 Å². The van der Waals surface area contributed by atoms with Crippen LogP contribution in [0.4, 0.5) is 5.13 Å². The Morgan fingerprint density at radius 3 is 2.73 bits per heavy atom. The van der Waals surface area contributed by atoms with Crippen molar-refractivity contribution in [1.82, 2.24) is 10.3 Å². The van der Waals surface area contributed by atoms with E-state index in [1.54, 1.807) is 31.4 Å². The highest BCUT2D eigenvalue weighted by molar-refractivity contribution is 7.17. The fraction of sp³-hybridized carbons (Fsp3) is 0.250. The second-order valence-corrected chi connectivity index (χ2v) is 6.73. The number of methoxy groups -OCH3 is 1. The van der Waals surface area contributed by atoms with Gasteiger partial charge in [-0.05, 0) is 25.3 Å². The summed E-state index contributed by atoms with van der Waals surface area (Å²) in [4.78, 5) is 40.8. The van der Waals surface area contributed by atoms with E-state index in [0.717, 1.165) is 11.3 Å². The van der Waals surface area contributed by atoms with Crippen LogP contribution in [0.1, 0.15) is 32.0 Å². The summed E-state index contributed by atoms with van der Waals surface area (Å²) in [5, 5.41) is 7.41. The van der Waals surface area contributed by atoms with Crippen molar-refractivity contribution in [2.24, 2.45) is 0 Å². The molecule has 0 radical (unpaired) electrons. The van der Waals surface area contributed by atoms with Crippen LogP contribution in [-0.2, 0) is 14.3 Å². The number of nitrogens with zero attached hydrogens (tertiary/aromatic N) is 1. The third-order valence-electron chi connectivity index (χ3n) is 3.00. The number of hydrogen-bond donors (Lipinski definition) is 2. The van der Waals surface area contributed by atoms with Crippen molar-refractivity contribution in [2.75, 3.05) is 19.0 Å². The molecule has 138 valence electrons. The van der Waals surface area contributed by atoms with E-state index in [9.17, 15) is 14.4 Å². The van der Waals surface area contributed by atoms with Gasteiger partial charge in [0.15, 0.2) is 5.13 Å². The van der Waals surface area contributed by atoms with Crippen LogP contribution in [0, 0.1) is 6.92 Å². The van der Waals surface area contributed by atoms with Gasteiger partial charge in [-0.3, -0.25) is 4.79 Å². The first-order valence-electron chi connectivity index (χ1n) is 7.50. The van der Waals surface area contributed by atoms with Crippen LogP contribution in [0.5, 0.6) is 0 Å². The third-order valence-corrected chi connectivity index (χ3v) is 4.93. The molecule has 2 aromatic rings. The number of carbonyl (C=O) groups is 3. The summed E-state index contributed by atoms with van der Waals surface area (Å²) in [5.41, 5.74) is 0.419. The normalized spacial score (nSPS) is 11.0. The Balaban J connectivity index is 2.15. The molecule has 0 bridgehead atoms. The number of aromatic nitrogens is 1. The summed E-state index contributed by atoms with van der Waals surface area (Å²) in [6, 6.07) is 3.37. The van der Waals surface area contributed by atoms with E-state index < -0.39 is 17.8 Å². The third kappa shape index (κ3) is 4.90. The summed E-state index contributed by atoms with van der Waals surface area (Å²) < 4.78 is 9.62. The second kappa shape index (κ2) is 9.11. The van der Waals surface area contributed by atoms with Crippen LogP contribution < -0.4 is 10.6 Å². The fourth-order valence-electron chi connectivity index (χ4n) is 1.83. The summed E-state index contributed by atoms with van der Waals surface area (Å²) in [6.07, 6.45) is 1.27. The first-order chi connectivity index (χ1) is 12.5. The van der Waals surface area contributed by atoms with Gasteiger partial charge in [0.2, 0.25) is 0 Å². The molecule has 2 N–H and O–H groups in total. The topological polar surface area (TPSA) is 107 Å². The number of rotatable bonds is 7. The number of thiophene rings is 1. The Kier molecular flexibility index (Phi) is 6.87. The molecule has 0 atom stereocenters. The Morgan fingerprint density at radius 2 is 2.12 bits per heavy atom. The monoisotopic (exact) mass is 395 g/mol. The Hall–Kier alpha value is -2.72. The Labute approximate surface area is 157 Å². The molecular weight excluding hydrogens is 378 g/mol. The van der Waals surface area contributed by atoms with Gasteiger partial charge < -0.3 is 20.1 Å². The standard InChI is InChI=1S/C16H17N3O5S2/c1-4-24-15(22)12-9(2)18-16(26-12)17-8-10(14(21)23-3)19-13(20)11-6-5-7-25-11/h5-8H,4H2,1-3H3,(H,17,18)(H,19,20). The van der Waals surface area contributed by atoms with Crippen molar-refractivity contribution in [3.05, 3.63) is 44.9 Å². The number of ether oxygens (including phenoxy) is 2. The first-order valence-corrected chi connectivity index (χ1v) is 9.20. The molecule has 8 nitrogen and oxygen atoms in total. The van der Waals surface area contributed by atoms with E-state index in [1.165, 1.54) is 24.6 Å². The van der Waals surface area contributed by atoms with Crippen LogP contribution in [-0.4, -0.2) is 36.5 Å². The molecule has 0 aromatic carbocycles. The molecule has 0 spiro atoms. The van der Waals surface area contributed by atoms with Crippen molar-refractivity contribution in [1.29, 1.82) is 0 Å². The van der Waals surface area contributed by atoms with Gasteiger partial charge in [0.1, 0.15) is 10.6 Å². The molecule has 10 heteroatoms. The minimum atomic E-state index is -0.721. The van der Waals surface area contributed by atoms with Crippen LogP contribution >= 0.6 is 22.7 Å². The molecule has 0 saturated heterocycles. The largest absolute Gasteiger partial charge is 0.464 e. The zero-order valence-electron chi connectivity index (χ0n) is 14.3. The molecule has 26 heavy (non-hydrogen) atoms. The van der Waals surface area contributed by atoms with Gasteiger partial charge in [0, 0.05) is 6.20 Å². The average molecular weight is 395 g/mol. The number of thiazole rings is 1. The number of carbonyl (C=O) groups excluding carboxylic acids is 3. The molecule has 2 aromatic heterocycles. The van der Waals surface area contributed by atoms with Gasteiger partial charge >= 0.3 is 11.9 Å².